The van der Waals surface area contributed by atoms with Gasteiger partial charge < -0.3 is 10.1 Å². The topological polar surface area (TPSA) is 79.9 Å². The largest absolute Gasteiger partial charge is 0.492 e. The van der Waals surface area contributed by atoms with Gasteiger partial charge in [-0.05, 0) is 37.0 Å². The first-order valence-corrected chi connectivity index (χ1v) is 7.06. The van der Waals surface area contributed by atoms with Crippen LogP contribution in [0.4, 0.5) is 0 Å². The van der Waals surface area contributed by atoms with Gasteiger partial charge in [0, 0.05) is 19.2 Å². The molecule has 21 heavy (non-hydrogen) atoms. The highest BCUT2D eigenvalue weighted by molar-refractivity contribution is 5.73. The molecule has 3 rings (SSSR count). The first kappa shape index (κ1) is 13.6. The molecule has 1 amide bonds. The summed E-state index contributed by atoms with van der Waals surface area (Å²) in [5, 5.41) is 9.69. The fourth-order valence-corrected chi connectivity index (χ4v) is 2.51. The van der Waals surface area contributed by atoms with Crippen LogP contribution in [0, 0.1) is 5.92 Å². The zero-order valence-corrected chi connectivity index (χ0v) is 11.9. The summed E-state index contributed by atoms with van der Waals surface area (Å²) in [5.41, 5.74) is 1.73. The Bertz CT molecular complexity index is 589. The zero-order valence-electron chi connectivity index (χ0n) is 11.9. The molecule has 0 aromatic carbocycles. The second-order valence-corrected chi connectivity index (χ2v) is 5.40. The lowest BCUT2D eigenvalue weighted by atomic mass is 9.81. The number of nitrogens with zero attached hydrogens (tertiary/aromatic N) is 2. The third kappa shape index (κ3) is 3.39. The molecule has 6 heteroatoms. The van der Waals surface area contributed by atoms with Crippen molar-refractivity contribution in [2.75, 3.05) is 6.61 Å². The van der Waals surface area contributed by atoms with Crippen LogP contribution in [-0.4, -0.2) is 33.7 Å². The molecule has 0 bridgehead atoms. The van der Waals surface area contributed by atoms with E-state index in [1.54, 1.807) is 19.3 Å². The molecule has 0 atom stereocenters. The maximum Gasteiger partial charge on any atom is 0.217 e. The van der Waals surface area contributed by atoms with Crippen LogP contribution < -0.4 is 10.1 Å². The smallest absolute Gasteiger partial charge is 0.217 e. The van der Waals surface area contributed by atoms with E-state index in [2.05, 4.69) is 20.5 Å². The number of nitrogens with one attached hydrogen (secondary N) is 2. The normalized spacial score (nSPS) is 20.6. The highest BCUT2D eigenvalue weighted by Crippen LogP contribution is 2.28. The van der Waals surface area contributed by atoms with Crippen LogP contribution in [0.3, 0.4) is 0 Å². The van der Waals surface area contributed by atoms with Gasteiger partial charge >= 0.3 is 0 Å². The first-order chi connectivity index (χ1) is 10.2. The molecule has 1 aliphatic carbocycles. The van der Waals surface area contributed by atoms with E-state index in [1.807, 2.05) is 18.2 Å². The molecule has 0 aliphatic heterocycles. The lowest BCUT2D eigenvalue weighted by Crippen LogP contribution is -2.45. The molecule has 110 valence electrons. The molecule has 0 saturated heterocycles. The van der Waals surface area contributed by atoms with Crippen molar-refractivity contribution in [3.8, 4) is 17.1 Å². The number of amides is 1. The molecule has 1 aliphatic rings. The van der Waals surface area contributed by atoms with Gasteiger partial charge in [0.1, 0.15) is 5.75 Å². The first-order valence-electron chi connectivity index (χ1n) is 7.06. The summed E-state index contributed by atoms with van der Waals surface area (Å²) in [6, 6.07) is 6.01. The van der Waals surface area contributed by atoms with Crippen LogP contribution in [0.25, 0.3) is 11.4 Å². The minimum absolute atomic E-state index is 0.0398. The molecular formula is C15H18N4O2. The highest BCUT2D eigenvalue weighted by Gasteiger charge is 2.29. The van der Waals surface area contributed by atoms with E-state index < -0.39 is 0 Å². The number of carbonyl (C=O) groups is 1. The Hall–Kier alpha value is -2.37. The molecule has 2 aromatic heterocycles. The fraction of sp³-hybridized carbons (Fsp3) is 0.400. The second-order valence-electron chi connectivity index (χ2n) is 5.40. The average Bonchev–Trinajstić information content (AvgIpc) is 2.95. The summed E-state index contributed by atoms with van der Waals surface area (Å²) in [4.78, 5) is 15.2. The monoisotopic (exact) mass is 286 g/mol. The average molecular weight is 286 g/mol. The summed E-state index contributed by atoms with van der Waals surface area (Å²) >= 11 is 0. The van der Waals surface area contributed by atoms with Crippen molar-refractivity contribution in [1.82, 2.24) is 20.5 Å². The van der Waals surface area contributed by atoms with Crippen LogP contribution in [0.1, 0.15) is 19.8 Å². The van der Waals surface area contributed by atoms with Gasteiger partial charge in [-0.15, -0.1) is 0 Å². The van der Waals surface area contributed by atoms with Gasteiger partial charge in [-0.1, -0.05) is 0 Å². The van der Waals surface area contributed by atoms with Gasteiger partial charge in [0.05, 0.1) is 24.2 Å². The summed E-state index contributed by atoms with van der Waals surface area (Å²) in [7, 11) is 0. The minimum Gasteiger partial charge on any atom is -0.492 e. The molecule has 6 nitrogen and oxygen atoms in total. The highest BCUT2D eigenvalue weighted by atomic mass is 16.5. The number of aromatic nitrogens is 3. The van der Waals surface area contributed by atoms with E-state index in [-0.39, 0.29) is 5.91 Å². The summed E-state index contributed by atoms with van der Waals surface area (Å²) in [6.45, 7) is 2.22. The summed E-state index contributed by atoms with van der Waals surface area (Å²) < 4.78 is 5.73. The Balaban J connectivity index is 1.45. The number of pyridine rings is 1. The van der Waals surface area contributed by atoms with Crippen molar-refractivity contribution >= 4 is 5.91 Å². The number of aromatic amines is 1. The third-order valence-electron chi connectivity index (χ3n) is 3.64. The Morgan fingerprint density at radius 2 is 2.29 bits per heavy atom. The van der Waals surface area contributed by atoms with Gasteiger partial charge in [0.2, 0.25) is 5.91 Å². The lowest BCUT2D eigenvalue weighted by Gasteiger charge is -2.35. The zero-order chi connectivity index (χ0) is 14.7. The molecule has 1 saturated carbocycles. The molecular weight excluding hydrogens is 268 g/mol. The van der Waals surface area contributed by atoms with Crippen molar-refractivity contribution < 1.29 is 9.53 Å². The molecule has 0 spiro atoms. The molecule has 2 heterocycles. The van der Waals surface area contributed by atoms with Gasteiger partial charge in [0.25, 0.3) is 0 Å². The van der Waals surface area contributed by atoms with E-state index in [1.165, 1.54) is 0 Å². The number of hydrogen-bond donors (Lipinski definition) is 2. The van der Waals surface area contributed by atoms with E-state index in [0.29, 0.717) is 18.6 Å². The molecule has 0 unspecified atom stereocenters. The van der Waals surface area contributed by atoms with Crippen molar-refractivity contribution in [1.29, 1.82) is 0 Å². The Morgan fingerprint density at radius 1 is 1.43 bits per heavy atom. The lowest BCUT2D eigenvalue weighted by molar-refractivity contribution is -0.120. The number of rotatable bonds is 5. The summed E-state index contributed by atoms with van der Waals surface area (Å²) in [5.74, 6) is 1.31. The van der Waals surface area contributed by atoms with E-state index >= 15 is 0 Å². The van der Waals surface area contributed by atoms with E-state index in [4.69, 9.17) is 4.74 Å². The molecule has 2 aromatic rings. The Morgan fingerprint density at radius 3 is 2.90 bits per heavy atom. The molecule has 2 N–H and O–H groups in total. The van der Waals surface area contributed by atoms with Crippen molar-refractivity contribution in [3.63, 3.8) is 0 Å². The van der Waals surface area contributed by atoms with Crippen molar-refractivity contribution in [2.24, 2.45) is 5.92 Å². The van der Waals surface area contributed by atoms with Crippen LogP contribution in [0.2, 0.25) is 0 Å². The molecule has 1 fully saturated rings. The molecule has 0 radical (unpaired) electrons. The van der Waals surface area contributed by atoms with Crippen molar-refractivity contribution in [2.45, 2.75) is 25.8 Å². The van der Waals surface area contributed by atoms with Gasteiger partial charge in [-0.3, -0.25) is 14.9 Å². The predicted molar refractivity (Wildman–Crippen MR) is 77.6 cm³/mol. The minimum atomic E-state index is 0.0398. The number of carbonyl (C=O) groups excluding carboxylic acids is 1. The van der Waals surface area contributed by atoms with Crippen molar-refractivity contribution in [3.05, 3.63) is 30.6 Å². The predicted octanol–water partition coefficient (Wildman–Crippen LogP) is 1.77. The Labute approximate surface area is 122 Å². The van der Waals surface area contributed by atoms with Gasteiger partial charge in [-0.2, -0.15) is 5.10 Å². The SMILES string of the molecule is CC(=O)NC1CC(COc2ccc(-c3ccn[nH]3)nc2)C1. The van der Waals surface area contributed by atoms with Gasteiger partial charge in [0.15, 0.2) is 0 Å². The number of ether oxygens (including phenoxy) is 1. The second kappa shape index (κ2) is 5.95. The van der Waals surface area contributed by atoms with Gasteiger partial charge in [-0.25, -0.2) is 0 Å². The number of hydrogen-bond acceptors (Lipinski definition) is 4. The van der Waals surface area contributed by atoms with E-state index in [0.717, 1.165) is 30.0 Å². The quantitative estimate of drug-likeness (QED) is 0.877. The van der Waals surface area contributed by atoms with Crippen LogP contribution >= 0.6 is 0 Å². The Kier molecular flexibility index (Phi) is 3.85. The van der Waals surface area contributed by atoms with E-state index in [9.17, 15) is 4.79 Å². The third-order valence-corrected chi connectivity index (χ3v) is 3.64. The maximum absolute atomic E-state index is 10.9. The standard InChI is InChI=1S/C15H18N4O2/c1-10(20)18-12-6-11(7-12)9-21-13-2-3-14(16-8-13)15-4-5-17-19-15/h2-5,8,11-12H,6-7,9H2,1H3,(H,17,19)(H,18,20). The fourth-order valence-electron chi connectivity index (χ4n) is 2.51. The van der Waals surface area contributed by atoms with Crippen LogP contribution in [-0.2, 0) is 4.79 Å². The number of H-pyrrole nitrogens is 1. The summed E-state index contributed by atoms with van der Waals surface area (Å²) in [6.07, 6.45) is 5.39. The van der Waals surface area contributed by atoms with Crippen LogP contribution in [0.5, 0.6) is 5.75 Å². The maximum atomic E-state index is 10.9. The van der Waals surface area contributed by atoms with Crippen LogP contribution in [0.15, 0.2) is 30.6 Å².